The fraction of sp³-hybridized carbons (Fsp3) is 0.250. The maximum absolute atomic E-state index is 13.5. The first-order valence-electron chi connectivity index (χ1n) is 5.56. The molecule has 20 heavy (non-hydrogen) atoms. The van der Waals surface area contributed by atoms with Gasteiger partial charge in [-0.05, 0) is 28.1 Å². The van der Waals surface area contributed by atoms with Crippen LogP contribution in [0.1, 0.15) is 16.8 Å². The van der Waals surface area contributed by atoms with Gasteiger partial charge in [-0.1, -0.05) is 0 Å². The van der Waals surface area contributed by atoms with Gasteiger partial charge in [0.15, 0.2) is 0 Å². The number of hydrogen-bond donors (Lipinski definition) is 2. The number of carbonyl (C=O) groups excluding carboxylic acids is 2. The fourth-order valence-corrected chi connectivity index (χ4v) is 2.29. The Bertz CT molecular complexity index is 618. The van der Waals surface area contributed by atoms with E-state index in [1.165, 1.54) is 6.07 Å². The molecule has 1 aromatic carbocycles. The first kappa shape index (κ1) is 14.6. The number of nitrogens with zero attached hydrogens (tertiary/aromatic N) is 1. The van der Waals surface area contributed by atoms with Gasteiger partial charge in [0.25, 0.3) is 11.7 Å². The van der Waals surface area contributed by atoms with Gasteiger partial charge in [0, 0.05) is 0 Å². The largest absolute Gasteiger partial charge is 0.481 e. The van der Waals surface area contributed by atoms with Crippen molar-refractivity contribution in [2.24, 2.45) is 0 Å². The Morgan fingerprint density at radius 3 is 2.65 bits per heavy atom. The van der Waals surface area contributed by atoms with Crippen molar-refractivity contribution in [2.45, 2.75) is 12.5 Å². The van der Waals surface area contributed by atoms with E-state index in [-0.39, 0.29) is 22.3 Å². The second-order valence-electron chi connectivity index (χ2n) is 4.28. The van der Waals surface area contributed by atoms with Crippen LogP contribution in [0.15, 0.2) is 16.6 Å². The van der Waals surface area contributed by atoms with Crippen LogP contribution < -0.4 is 4.90 Å². The zero-order valence-electron chi connectivity index (χ0n) is 9.97. The van der Waals surface area contributed by atoms with E-state index < -0.39 is 36.0 Å². The fourth-order valence-electron chi connectivity index (χ4n) is 1.95. The number of Topliss-reactive ketones (excluding diaryl/α,β-unsaturated/α-hetero) is 1. The predicted octanol–water partition coefficient (Wildman–Crippen LogP) is 0.953. The van der Waals surface area contributed by atoms with E-state index in [0.717, 1.165) is 11.0 Å². The van der Waals surface area contributed by atoms with Gasteiger partial charge in [-0.2, -0.15) is 0 Å². The molecule has 2 N–H and O–H groups in total. The van der Waals surface area contributed by atoms with E-state index in [1.807, 2.05) is 0 Å². The maximum atomic E-state index is 13.5. The highest BCUT2D eigenvalue weighted by Crippen LogP contribution is 2.33. The molecule has 0 bridgehead atoms. The van der Waals surface area contributed by atoms with Crippen LogP contribution in [0.4, 0.5) is 10.1 Å². The van der Waals surface area contributed by atoms with Gasteiger partial charge in [-0.3, -0.25) is 14.4 Å². The number of rotatable bonds is 4. The van der Waals surface area contributed by atoms with Crippen LogP contribution in [0.3, 0.4) is 0 Å². The van der Waals surface area contributed by atoms with Gasteiger partial charge in [0.2, 0.25) is 0 Å². The van der Waals surface area contributed by atoms with Crippen molar-refractivity contribution >= 4 is 39.3 Å². The predicted molar refractivity (Wildman–Crippen MR) is 69.0 cm³/mol. The van der Waals surface area contributed by atoms with Crippen LogP contribution in [0.25, 0.3) is 0 Å². The highest BCUT2D eigenvalue weighted by atomic mass is 79.9. The Morgan fingerprint density at radius 1 is 1.40 bits per heavy atom. The zero-order chi connectivity index (χ0) is 15.0. The lowest BCUT2D eigenvalue weighted by Crippen LogP contribution is -2.37. The van der Waals surface area contributed by atoms with Crippen molar-refractivity contribution in [3.63, 3.8) is 0 Å². The third kappa shape index (κ3) is 2.56. The summed E-state index contributed by atoms with van der Waals surface area (Å²) in [6.07, 6.45) is -1.92. The highest BCUT2D eigenvalue weighted by Gasteiger charge is 2.37. The van der Waals surface area contributed by atoms with E-state index in [9.17, 15) is 23.9 Å². The number of carboxylic acids is 1. The van der Waals surface area contributed by atoms with Crippen LogP contribution in [-0.2, 0) is 9.59 Å². The molecular weight excluding hydrogens is 337 g/mol. The lowest BCUT2D eigenvalue weighted by atomic mass is 10.1. The minimum absolute atomic E-state index is 0.0193. The zero-order valence-corrected chi connectivity index (χ0v) is 11.6. The SMILES string of the molecule is O=C(O)CC(O)CN1C(=O)C(=O)c2cc(Br)c(F)cc21. The number of anilines is 1. The summed E-state index contributed by atoms with van der Waals surface area (Å²) < 4.78 is 13.5. The molecule has 1 heterocycles. The average molecular weight is 346 g/mol. The second kappa shape index (κ2) is 5.29. The summed E-state index contributed by atoms with van der Waals surface area (Å²) in [4.78, 5) is 34.9. The molecule has 0 saturated heterocycles. The number of β-amino-alcohol motifs (C(OH)–C–C–N with tert-alkyl or cyclic N) is 1. The molecule has 1 unspecified atom stereocenters. The molecule has 1 aliphatic rings. The maximum Gasteiger partial charge on any atom is 0.306 e. The van der Waals surface area contributed by atoms with E-state index >= 15 is 0 Å². The Kier molecular flexibility index (Phi) is 3.87. The summed E-state index contributed by atoms with van der Waals surface area (Å²) in [6, 6.07) is 2.18. The second-order valence-corrected chi connectivity index (χ2v) is 5.13. The number of hydrogen-bond acceptors (Lipinski definition) is 4. The number of aliphatic hydroxyl groups is 1. The molecule has 106 valence electrons. The first-order valence-corrected chi connectivity index (χ1v) is 6.35. The Balaban J connectivity index is 2.33. The van der Waals surface area contributed by atoms with Crippen molar-refractivity contribution in [3.05, 3.63) is 28.0 Å². The molecule has 1 amide bonds. The summed E-state index contributed by atoms with van der Waals surface area (Å²) in [7, 11) is 0. The highest BCUT2D eigenvalue weighted by molar-refractivity contribution is 9.10. The summed E-state index contributed by atoms with van der Waals surface area (Å²) >= 11 is 2.92. The summed E-state index contributed by atoms with van der Waals surface area (Å²) in [5, 5.41) is 18.1. The Hall–Kier alpha value is -1.80. The first-order chi connectivity index (χ1) is 9.31. The summed E-state index contributed by atoms with van der Waals surface area (Å²) in [5.74, 6) is -3.63. The number of benzene rings is 1. The molecule has 6 nitrogen and oxygen atoms in total. The van der Waals surface area contributed by atoms with Crippen LogP contribution in [0.2, 0.25) is 0 Å². The van der Waals surface area contributed by atoms with Crippen LogP contribution in [-0.4, -0.2) is 40.5 Å². The third-order valence-electron chi connectivity index (χ3n) is 2.82. The number of aliphatic carboxylic acids is 1. The molecule has 0 saturated carbocycles. The van der Waals surface area contributed by atoms with Crippen LogP contribution >= 0.6 is 15.9 Å². The van der Waals surface area contributed by atoms with Crippen LogP contribution in [0, 0.1) is 5.82 Å². The van der Waals surface area contributed by atoms with Gasteiger partial charge in [0.1, 0.15) is 5.82 Å². The van der Waals surface area contributed by atoms with Gasteiger partial charge < -0.3 is 15.1 Å². The quantitative estimate of drug-likeness (QED) is 0.792. The van der Waals surface area contributed by atoms with Crippen molar-refractivity contribution < 1.29 is 29.0 Å². The lowest BCUT2D eigenvalue weighted by Gasteiger charge is -2.19. The minimum Gasteiger partial charge on any atom is -0.481 e. The summed E-state index contributed by atoms with van der Waals surface area (Å²) in [5.41, 5.74) is 0.0518. The van der Waals surface area contributed by atoms with Gasteiger partial charge in [-0.25, -0.2) is 4.39 Å². The van der Waals surface area contributed by atoms with Gasteiger partial charge in [-0.15, -0.1) is 0 Å². The van der Waals surface area contributed by atoms with E-state index in [4.69, 9.17) is 5.11 Å². The number of carboxylic acid groups (broad SMARTS) is 1. The van der Waals surface area contributed by atoms with Crippen molar-refractivity contribution in [2.75, 3.05) is 11.4 Å². The Labute approximate surface area is 120 Å². The van der Waals surface area contributed by atoms with Gasteiger partial charge >= 0.3 is 5.97 Å². The normalized spacial score (nSPS) is 15.4. The molecular formula is C12H9BrFNO5. The number of amides is 1. The van der Waals surface area contributed by atoms with E-state index in [0.29, 0.717) is 0 Å². The topological polar surface area (TPSA) is 94.9 Å². The number of aliphatic hydroxyl groups excluding tert-OH is 1. The molecule has 1 aromatic rings. The van der Waals surface area contributed by atoms with Crippen molar-refractivity contribution in [1.29, 1.82) is 0 Å². The smallest absolute Gasteiger partial charge is 0.306 e. The molecule has 0 spiro atoms. The molecule has 0 fully saturated rings. The lowest BCUT2D eigenvalue weighted by molar-refractivity contribution is -0.139. The monoisotopic (exact) mass is 345 g/mol. The number of halogens is 2. The number of fused-ring (bicyclic) bond motifs is 1. The average Bonchev–Trinajstić information content (AvgIpc) is 2.55. The van der Waals surface area contributed by atoms with Crippen LogP contribution in [0.5, 0.6) is 0 Å². The molecule has 0 aromatic heterocycles. The van der Waals surface area contributed by atoms with E-state index in [1.54, 1.807) is 0 Å². The standard InChI is InChI=1S/C12H9BrFNO5/c13-7-2-6-9(3-8(7)14)15(12(20)11(6)19)4-5(16)1-10(17)18/h2-3,5,16H,1,4H2,(H,17,18). The van der Waals surface area contributed by atoms with Gasteiger partial charge in [0.05, 0.1) is 34.8 Å². The number of ketones is 1. The molecule has 1 aliphatic heterocycles. The third-order valence-corrected chi connectivity index (χ3v) is 3.42. The molecule has 8 heteroatoms. The van der Waals surface area contributed by atoms with E-state index in [2.05, 4.69) is 15.9 Å². The molecule has 0 aliphatic carbocycles. The van der Waals surface area contributed by atoms with Crippen molar-refractivity contribution in [1.82, 2.24) is 0 Å². The molecule has 1 atom stereocenters. The molecule has 0 radical (unpaired) electrons. The molecule has 2 rings (SSSR count). The van der Waals surface area contributed by atoms with Crippen molar-refractivity contribution in [3.8, 4) is 0 Å². The summed E-state index contributed by atoms with van der Waals surface area (Å²) in [6.45, 7) is -0.384. The number of carbonyl (C=O) groups is 3. The Morgan fingerprint density at radius 2 is 2.05 bits per heavy atom. The minimum atomic E-state index is -1.35.